The number of ketones is 11. The second kappa shape index (κ2) is 53.1. The van der Waals surface area contributed by atoms with Crippen LogP contribution in [0.15, 0.2) is 66.9 Å². The number of nitrogens with one attached hydrogen (secondary N) is 14. The highest BCUT2D eigenvalue weighted by atomic mass is 16.3. The number of primary amides is 2. The van der Waals surface area contributed by atoms with Gasteiger partial charge in [-0.25, -0.2) is 10.9 Å². The molecule has 0 saturated heterocycles. The number of benzene rings is 2. The van der Waals surface area contributed by atoms with Gasteiger partial charge in [0.05, 0.1) is 110 Å². The third-order valence-electron chi connectivity index (χ3n) is 22.0. The average Bonchev–Trinajstić information content (AvgIpc) is 1.74. The highest BCUT2D eigenvalue weighted by Gasteiger charge is 2.38. The van der Waals surface area contributed by atoms with Crippen LogP contribution in [-0.2, 0) is 84.8 Å². The summed E-state index contributed by atoms with van der Waals surface area (Å²) in [5.41, 5.74) is 22.7. The summed E-state index contributed by atoms with van der Waals surface area (Å²) in [6.07, 6.45) is 10.4. The molecule has 0 bridgehead atoms. The van der Waals surface area contributed by atoms with Crippen LogP contribution in [0.4, 0.5) is 0 Å². The van der Waals surface area contributed by atoms with E-state index in [1.165, 1.54) is 19.1 Å². The molecule has 3 aromatic rings. The molecule has 2 aromatic carbocycles. The van der Waals surface area contributed by atoms with Crippen molar-refractivity contribution in [2.24, 2.45) is 23.1 Å². The van der Waals surface area contributed by atoms with Crippen LogP contribution in [0.2, 0.25) is 0 Å². The standard InChI is InChI=1S/C86H137N17O16/c1-52(2)42-69-84(119)101-86(12,80(115)50-95-56(6)73(108)35-40-91-54(4)71(106)32-31-70(105)53(3)90-39-34-72(107)55(5)92-41-36-74(109)57(7)98-51-99-60(10)82(88)117)38-23-19-17-15-13-14-16-18-22-37-85(11,89)79(114)49-94-59(9)77(112)47-97-68(43-61-26-28-63(104)29-27-61)83(118)100-67(44-62-46-96-65-25-21-20-24-64(62)65)76(111)45-75(110)58(8)93-48-78(113)66(102-103-69)30-33-81(87)116/h15,17,20-21,24-29,46,52-60,66-69,90-99,102-104H,13-14,16,18-19,22-23,30-45,47-51,89H2,1-12H3,(H2,87,116)(H2,88,117)(H,100,118)(H,101,119)/t53-,54-,55-,56-,57-,58-,59-,60+,66-,67-,68-,69-,85+,86-/m0/s1. The number of H-pyrrole nitrogens is 1. The van der Waals surface area contributed by atoms with Crippen molar-refractivity contribution in [2.45, 2.75) is 295 Å². The zero-order valence-electron chi connectivity index (χ0n) is 72.0. The quantitative estimate of drug-likeness (QED) is 0.0221. The number of hydrogen-bond acceptors (Lipinski definition) is 28. The Kier molecular flexibility index (Phi) is 45.8. The number of carbonyl (C=O) groups excluding carboxylic acids is 15. The Balaban J connectivity index is 1.45. The van der Waals surface area contributed by atoms with Crippen molar-refractivity contribution in [2.75, 3.05) is 52.5 Å². The summed E-state index contributed by atoms with van der Waals surface area (Å²) in [5.74, 6) is -6.54. The van der Waals surface area contributed by atoms with Gasteiger partial charge >= 0.3 is 0 Å². The van der Waals surface area contributed by atoms with Crippen LogP contribution in [-0.4, -0.2) is 233 Å². The maximum absolute atomic E-state index is 14.7. The predicted molar refractivity (Wildman–Crippen MR) is 456 cm³/mol. The smallest absolute Gasteiger partial charge is 0.239 e. The van der Waals surface area contributed by atoms with Crippen LogP contribution in [0.25, 0.3) is 10.9 Å². The molecule has 662 valence electrons. The molecule has 119 heavy (non-hydrogen) atoms. The number of Topliss-reactive ketones (excluding diaryl/α,β-unsaturated/α-hetero) is 11. The van der Waals surface area contributed by atoms with Crippen molar-refractivity contribution in [3.63, 3.8) is 0 Å². The zero-order valence-corrected chi connectivity index (χ0v) is 72.0. The first kappa shape index (κ1) is 103. The number of carbonyl (C=O) groups is 15. The second-order valence-electron chi connectivity index (χ2n) is 32.7. The normalized spacial score (nSPS) is 23.3. The number of aromatic hydroxyl groups is 1. The van der Waals surface area contributed by atoms with Crippen molar-refractivity contribution >= 4 is 98.1 Å². The van der Waals surface area contributed by atoms with Gasteiger partial charge in [0.2, 0.25) is 23.6 Å². The SMILES string of the molecule is CC(C)C[C@@H]1NN[C@@H](CCC(N)=O)C(=O)CN[C@@H](C)C(=O)CC(=O)[C@H](Cc2c[nH]c3ccccc23)NC(=O)[C@H](Cc2ccc(O)cc2)NCC(=O)[C@H](C)NCC(=O)[C@](C)(N)CCCCCCC=CCCC[C@@](C)(C(=O)CN[C@@H](C)C(=O)CCN[C@@H](C)C(=O)CCC(=O)[C@H](C)NCCC(=O)[C@H](C)NCCC(=O)[C@H](C)NCN[C@H](C)C(N)=O)NC1=O. The molecule has 0 aliphatic carbocycles. The number of rotatable bonds is 38. The number of aromatic nitrogens is 1. The molecule has 33 heteroatoms. The first-order valence-electron chi connectivity index (χ1n) is 42.1. The fourth-order valence-electron chi connectivity index (χ4n) is 13.3. The predicted octanol–water partition coefficient (Wildman–Crippen LogP) is 1.79. The molecule has 4 rings (SSSR count). The van der Waals surface area contributed by atoms with E-state index in [1.807, 2.05) is 44.2 Å². The van der Waals surface area contributed by atoms with E-state index in [0.717, 1.165) is 36.6 Å². The fraction of sp³-hybridized carbons (Fsp3) is 0.640. The number of para-hydroxylation sites is 1. The Morgan fingerprint density at radius 1 is 0.521 bits per heavy atom. The van der Waals surface area contributed by atoms with Gasteiger partial charge in [-0.3, -0.25) is 87.9 Å². The summed E-state index contributed by atoms with van der Waals surface area (Å²) in [4.78, 5) is 206. The molecule has 33 nitrogen and oxygen atoms in total. The number of hydrazine groups is 1. The van der Waals surface area contributed by atoms with E-state index in [9.17, 15) is 77.0 Å². The van der Waals surface area contributed by atoms with Crippen LogP contribution in [0.5, 0.6) is 5.75 Å². The summed E-state index contributed by atoms with van der Waals surface area (Å²) in [6, 6.07) is 3.03. The minimum absolute atomic E-state index is 0.00362. The van der Waals surface area contributed by atoms with Crippen LogP contribution in [0, 0.1) is 5.92 Å². The lowest BCUT2D eigenvalue weighted by Gasteiger charge is -2.33. The zero-order chi connectivity index (χ0) is 88.5. The number of nitrogens with two attached hydrogens (primary N) is 3. The Morgan fingerprint density at radius 3 is 1.63 bits per heavy atom. The molecule has 1 aliphatic heterocycles. The minimum atomic E-state index is -1.51. The summed E-state index contributed by atoms with van der Waals surface area (Å²) < 4.78 is 0. The number of aromatic amines is 1. The maximum atomic E-state index is 14.7. The molecule has 4 amide bonds. The lowest BCUT2D eigenvalue weighted by atomic mass is 9.88. The Bertz CT molecular complexity index is 3880. The molecule has 2 heterocycles. The number of phenolic OH excluding ortho intramolecular Hbond substituents is 1. The number of hydrogen-bond donors (Lipinski definition) is 18. The molecule has 0 unspecified atom stereocenters. The van der Waals surface area contributed by atoms with Crippen molar-refractivity contribution in [1.82, 2.24) is 74.3 Å². The van der Waals surface area contributed by atoms with Crippen LogP contribution < -0.4 is 86.5 Å². The molecule has 0 spiro atoms. The average molecular weight is 1670 g/mol. The van der Waals surface area contributed by atoms with Gasteiger partial charge in [0.25, 0.3) is 0 Å². The number of amides is 4. The van der Waals surface area contributed by atoms with Crippen LogP contribution in [0.3, 0.4) is 0 Å². The first-order chi connectivity index (χ1) is 56.2. The van der Waals surface area contributed by atoms with Gasteiger partial charge in [-0.05, 0) is 162 Å². The molecule has 1 aromatic heterocycles. The van der Waals surface area contributed by atoms with E-state index in [4.69, 9.17) is 17.2 Å². The molecule has 0 radical (unpaired) electrons. The minimum Gasteiger partial charge on any atom is -0.508 e. The van der Waals surface area contributed by atoms with Gasteiger partial charge in [0.15, 0.2) is 52.0 Å². The van der Waals surface area contributed by atoms with Crippen molar-refractivity contribution in [1.29, 1.82) is 0 Å². The van der Waals surface area contributed by atoms with Gasteiger partial charge in [0.1, 0.15) is 23.4 Å². The van der Waals surface area contributed by atoms with E-state index >= 15 is 0 Å². The van der Waals surface area contributed by atoms with E-state index in [-0.39, 0.29) is 169 Å². The van der Waals surface area contributed by atoms with Crippen molar-refractivity contribution in [3.8, 4) is 5.75 Å². The van der Waals surface area contributed by atoms with E-state index < -0.39 is 143 Å². The molecule has 1 aliphatic rings. The third kappa shape index (κ3) is 38.3. The number of fused-ring (bicyclic) bond motifs is 1. The lowest BCUT2D eigenvalue weighted by molar-refractivity contribution is -0.133. The third-order valence-corrected chi connectivity index (χ3v) is 22.0. The summed E-state index contributed by atoms with van der Waals surface area (Å²) in [6.45, 7) is 19.5. The molecular weight excluding hydrogens is 1530 g/mol. The molecular formula is C86H137N17O16. The van der Waals surface area contributed by atoms with E-state index in [0.29, 0.717) is 36.8 Å². The largest absolute Gasteiger partial charge is 0.508 e. The highest BCUT2D eigenvalue weighted by Crippen LogP contribution is 2.23. The molecule has 0 fully saturated rings. The summed E-state index contributed by atoms with van der Waals surface area (Å²) in [5, 5.41) is 43.8. The molecule has 0 saturated carbocycles. The van der Waals surface area contributed by atoms with Gasteiger partial charge < -0.3 is 69.8 Å². The summed E-state index contributed by atoms with van der Waals surface area (Å²) in [7, 11) is 0. The van der Waals surface area contributed by atoms with E-state index in [1.54, 1.807) is 80.6 Å². The van der Waals surface area contributed by atoms with Crippen LogP contribution >= 0.6 is 0 Å². The van der Waals surface area contributed by atoms with Gasteiger partial charge in [-0.1, -0.05) is 75.6 Å². The Hall–Kier alpha value is -8.71. The van der Waals surface area contributed by atoms with Gasteiger partial charge in [-0.15, -0.1) is 0 Å². The number of allylic oxidation sites excluding steroid dienone is 2. The monoisotopic (exact) mass is 1660 g/mol. The molecule has 14 atom stereocenters. The Labute approximate surface area is 700 Å². The summed E-state index contributed by atoms with van der Waals surface area (Å²) >= 11 is 0. The maximum Gasteiger partial charge on any atom is 0.239 e. The molecule has 21 N–H and O–H groups in total. The van der Waals surface area contributed by atoms with Crippen molar-refractivity contribution < 1.29 is 77.0 Å². The fourth-order valence-corrected chi connectivity index (χ4v) is 13.3. The highest BCUT2D eigenvalue weighted by molar-refractivity contribution is 6.05. The second-order valence-corrected chi connectivity index (χ2v) is 32.7. The van der Waals surface area contributed by atoms with Gasteiger partial charge in [0, 0.05) is 88.3 Å². The number of phenols is 1. The van der Waals surface area contributed by atoms with E-state index in [2.05, 4.69) is 80.4 Å². The van der Waals surface area contributed by atoms with Crippen molar-refractivity contribution in [3.05, 3.63) is 78.0 Å². The first-order valence-corrected chi connectivity index (χ1v) is 42.1. The Morgan fingerprint density at radius 2 is 1.04 bits per heavy atom. The topological polar surface area (TPSA) is 527 Å². The van der Waals surface area contributed by atoms with Gasteiger partial charge in [-0.2, -0.15) is 0 Å². The lowest BCUT2D eigenvalue weighted by Crippen LogP contribution is -2.62. The van der Waals surface area contributed by atoms with Crippen LogP contribution in [0.1, 0.15) is 210 Å².